The Balaban J connectivity index is 1.99. The number of carboxylic acid groups (broad SMARTS) is 1. The normalized spacial score (nSPS) is 27.7. The molecule has 1 aromatic carbocycles. The molecule has 3 unspecified atom stereocenters. The van der Waals surface area contributed by atoms with Crippen LogP contribution in [0, 0.1) is 23.1 Å². The van der Waals surface area contributed by atoms with Gasteiger partial charge in [-0.1, -0.05) is 0 Å². The largest absolute Gasteiger partial charge is 0.481 e. The van der Waals surface area contributed by atoms with Gasteiger partial charge in [-0.05, 0) is 37.5 Å². The second-order valence-electron chi connectivity index (χ2n) is 5.57. The average molecular weight is 324 g/mol. The van der Waals surface area contributed by atoms with Gasteiger partial charge in [-0.15, -0.1) is 0 Å². The van der Waals surface area contributed by atoms with Crippen molar-refractivity contribution in [3.63, 3.8) is 0 Å². The van der Waals surface area contributed by atoms with Crippen LogP contribution in [0.5, 0.6) is 0 Å². The third-order valence-corrected chi connectivity index (χ3v) is 6.40. The Morgan fingerprint density at radius 3 is 2.68 bits per heavy atom. The van der Waals surface area contributed by atoms with Crippen LogP contribution in [-0.4, -0.2) is 35.9 Å². The second kappa shape index (κ2) is 5.04. The number of aliphatic carboxylic acids is 1. The maximum Gasteiger partial charge on any atom is 0.308 e. The van der Waals surface area contributed by atoms with E-state index in [1.54, 1.807) is 6.07 Å². The number of hydrogen-bond donors (Lipinski definition) is 1. The molecule has 2 aliphatic rings. The lowest BCUT2D eigenvalue weighted by molar-refractivity contribution is -0.142. The topological polar surface area (TPSA) is 98.5 Å². The Bertz CT molecular complexity index is 787. The Morgan fingerprint density at radius 1 is 1.41 bits per heavy atom. The SMILES string of the molecule is N#Cc1ccc(S(=O)(=O)N2C3CCC2C(C(=O)O)C3)cc1F. The molecule has 3 rings (SSSR count). The molecule has 1 N–H and O–H groups in total. The number of benzene rings is 1. The summed E-state index contributed by atoms with van der Waals surface area (Å²) in [5, 5.41) is 17.9. The molecule has 0 saturated carbocycles. The zero-order valence-corrected chi connectivity index (χ0v) is 12.3. The molecule has 2 fully saturated rings. The van der Waals surface area contributed by atoms with E-state index < -0.39 is 33.8 Å². The van der Waals surface area contributed by atoms with Crippen LogP contribution in [0.25, 0.3) is 0 Å². The molecule has 0 radical (unpaired) electrons. The minimum absolute atomic E-state index is 0.230. The molecule has 2 bridgehead atoms. The van der Waals surface area contributed by atoms with Gasteiger partial charge < -0.3 is 5.11 Å². The molecular weight excluding hydrogens is 311 g/mol. The molecule has 8 heteroatoms. The van der Waals surface area contributed by atoms with Crippen molar-refractivity contribution < 1.29 is 22.7 Å². The maximum atomic E-state index is 13.7. The Labute approximate surface area is 126 Å². The molecule has 22 heavy (non-hydrogen) atoms. The molecule has 0 spiro atoms. The number of halogens is 1. The predicted molar refractivity (Wildman–Crippen MR) is 72.7 cm³/mol. The van der Waals surface area contributed by atoms with Gasteiger partial charge in [0.2, 0.25) is 10.0 Å². The van der Waals surface area contributed by atoms with E-state index in [0.717, 1.165) is 12.1 Å². The predicted octanol–water partition coefficient (Wildman–Crippen LogP) is 1.32. The number of carboxylic acids is 1. The van der Waals surface area contributed by atoms with E-state index in [1.165, 1.54) is 10.4 Å². The summed E-state index contributed by atoms with van der Waals surface area (Å²) in [5.74, 6) is -2.61. The van der Waals surface area contributed by atoms with Crippen molar-refractivity contribution in [2.75, 3.05) is 0 Å². The lowest BCUT2D eigenvalue weighted by Crippen LogP contribution is -2.37. The summed E-state index contributed by atoms with van der Waals surface area (Å²) in [6, 6.07) is 3.83. The van der Waals surface area contributed by atoms with E-state index in [1.807, 2.05) is 0 Å². The molecule has 0 aromatic heterocycles. The van der Waals surface area contributed by atoms with Gasteiger partial charge in [-0.3, -0.25) is 4.79 Å². The van der Waals surface area contributed by atoms with E-state index in [2.05, 4.69) is 0 Å². The number of nitriles is 1. The highest BCUT2D eigenvalue weighted by atomic mass is 32.2. The first-order valence-electron chi connectivity index (χ1n) is 6.82. The highest BCUT2D eigenvalue weighted by Gasteiger charge is 2.54. The highest BCUT2D eigenvalue weighted by Crippen LogP contribution is 2.45. The molecule has 116 valence electrons. The van der Waals surface area contributed by atoms with Crippen LogP contribution in [-0.2, 0) is 14.8 Å². The first-order valence-corrected chi connectivity index (χ1v) is 8.26. The van der Waals surface area contributed by atoms with Crippen LogP contribution in [0.15, 0.2) is 23.1 Å². The molecule has 2 aliphatic heterocycles. The summed E-state index contributed by atoms with van der Waals surface area (Å²) in [7, 11) is -3.97. The van der Waals surface area contributed by atoms with E-state index in [0.29, 0.717) is 12.8 Å². The summed E-state index contributed by atoms with van der Waals surface area (Å²) in [4.78, 5) is 11.0. The van der Waals surface area contributed by atoms with Gasteiger partial charge in [-0.2, -0.15) is 9.57 Å². The molecule has 2 heterocycles. The van der Waals surface area contributed by atoms with Crippen molar-refractivity contribution in [1.29, 1.82) is 5.26 Å². The minimum atomic E-state index is -3.97. The summed E-state index contributed by atoms with van der Waals surface area (Å²) < 4.78 is 40.3. The van der Waals surface area contributed by atoms with Gasteiger partial charge in [0.05, 0.1) is 16.4 Å². The zero-order chi connectivity index (χ0) is 16.1. The summed E-state index contributed by atoms with van der Waals surface area (Å²) in [5.41, 5.74) is -0.230. The van der Waals surface area contributed by atoms with E-state index in [4.69, 9.17) is 5.26 Å². The maximum absolute atomic E-state index is 13.7. The standard InChI is InChI=1S/C14H13FN2O4S/c15-12-6-10(3-1-8(12)7-16)22(20,21)17-9-2-4-13(17)11(5-9)14(18)19/h1,3,6,9,11,13H,2,4-5H2,(H,18,19). The van der Waals surface area contributed by atoms with Crippen molar-refractivity contribution in [3.05, 3.63) is 29.6 Å². The van der Waals surface area contributed by atoms with Crippen LogP contribution in [0.2, 0.25) is 0 Å². The van der Waals surface area contributed by atoms with Crippen molar-refractivity contribution in [2.45, 2.75) is 36.2 Å². The molecule has 0 aliphatic carbocycles. The lowest BCUT2D eigenvalue weighted by atomic mass is 9.89. The Morgan fingerprint density at radius 2 is 2.14 bits per heavy atom. The number of hydrogen-bond acceptors (Lipinski definition) is 4. The number of sulfonamides is 1. The lowest BCUT2D eigenvalue weighted by Gasteiger charge is -2.22. The third kappa shape index (κ3) is 2.09. The van der Waals surface area contributed by atoms with Gasteiger partial charge in [0.15, 0.2) is 0 Å². The quantitative estimate of drug-likeness (QED) is 0.904. The number of fused-ring (bicyclic) bond motifs is 2. The Kier molecular flexibility index (Phi) is 3.42. The van der Waals surface area contributed by atoms with Gasteiger partial charge in [0, 0.05) is 12.1 Å². The molecule has 2 saturated heterocycles. The van der Waals surface area contributed by atoms with Gasteiger partial charge >= 0.3 is 5.97 Å². The molecular formula is C14H13FN2O4S. The minimum Gasteiger partial charge on any atom is -0.481 e. The second-order valence-corrected chi connectivity index (χ2v) is 7.41. The number of carbonyl (C=O) groups is 1. The number of rotatable bonds is 3. The number of nitrogens with zero attached hydrogens (tertiary/aromatic N) is 2. The third-order valence-electron chi connectivity index (χ3n) is 4.43. The average Bonchev–Trinajstić information content (AvgIpc) is 3.05. The molecule has 3 atom stereocenters. The van der Waals surface area contributed by atoms with Crippen LogP contribution in [0.3, 0.4) is 0 Å². The van der Waals surface area contributed by atoms with Gasteiger partial charge in [0.25, 0.3) is 0 Å². The first-order chi connectivity index (χ1) is 10.4. The fourth-order valence-electron chi connectivity index (χ4n) is 3.45. The van der Waals surface area contributed by atoms with Crippen molar-refractivity contribution in [1.82, 2.24) is 4.31 Å². The smallest absolute Gasteiger partial charge is 0.308 e. The molecule has 6 nitrogen and oxygen atoms in total. The van der Waals surface area contributed by atoms with Crippen molar-refractivity contribution in [2.24, 2.45) is 5.92 Å². The zero-order valence-electron chi connectivity index (χ0n) is 11.4. The van der Waals surface area contributed by atoms with E-state index in [-0.39, 0.29) is 22.9 Å². The first kappa shape index (κ1) is 14.9. The molecule has 1 aromatic rings. The van der Waals surface area contributed by atoms with E-state index in [9.17, 15) is 22.7 Å². The fraction of sp³-hybridized carbons (Fsp3) is 0.429. The molecule has 0 amide bonds. The van der Waals surface area contributed by atoms with Crippen LogP contribution < -0.4 is 0 Å². The highest BCUT2D eigenvalue weighted by molar-refractivity contribution is 7.89. The van der Waals surface area contributed by atoms with Crippen LogP contribution in [0.4, 0.5) is 4.39 Å². The van der Waals surface area contributed by atoms with Crippen molar-refractivity contribution >= 4 is 16.0 Å². The Hall–Kier alpha value is -1.98. The summed E-state index contributed by atoms with van der Waals surface area (Å²) in [6.45, 7) is 0. The van der Waals surface area contributed by atoms with Crippen molar-refractivity contribution in [3.8, 4) is 6.07 Å². The van der Waals surface area contributed by atoms with Gasteiger partial charge in [0.1, 0.15) is 11.9 Å². The fourth-order valence-corrected chi connectivity index (χ4v) is 5.38. The van der Waals surface area contributed by atoms with Crippen LogP contribution >= 0.6 is 0 Å². The van der Waals surface area contributed by atoms with Crippen LogP contribution in [0.1, 0.15) is 24.8 Å². The summed E-state index contributed by atoms with van der Waals surface area (Å²) in [6.07, 6.45) is 1.41. The summed E-state index contributed by atoms with van der Waals surface area (Å²) >= 11 is 0. The monoisotopic (exact) mass is 324 g/mol. The van der Waals surface area contributed by atoms with E-state index >= 15 is 0 Å². The van der Waals surface area contributed by atoms with Gasteiger partial charge in [-0.25, -0.2) is 12.8 Å².